The minimum absolute atomic E-state index is 0.0451. The summed E-state index contributed by atoms with van der Waals surface area (Å²) in [4.78, 5) is 14.4. The third-order valence-electron chi connectivity index (χ3n) is 4.96. The van der Waals surface area contributed by atoms with E-state index in [2.05, 4.69) is 30.3 Å². The van der Waals surface area contributed by atoms with Crippen LogP contribution in [0, 0.1) is 6.92 Å². The molecule has 0 saturated heterocycles. The average molecular weight is 374 g/mol. The lowest BCUT2D eigenvalue weighted by molar-refractivity contribution is -0.116. The van der Waals surface area contributed by atoms with Gasteiger partial charge in [0.15, 0.2) is 0 Å². The molecule has 0 bridgehead atoms. The maximum absolute atomic E-state index is 12.7. The Morgan fingerprint density at radius 1 is 0.852 bits per heavy atom. The minimum atomic E-state index is -0.0995. The number of rotatable bonds is 4. The summed E-state index contributed by atoms with van der Waals surface area (Å²) in [6, 6.07) is 26.8. The highest BCUT2D eigenvalue weighted by atomic mass is 35.5. The lowest BCUT2D eigenvalue weighted by atomic mass is 9.96. The van der Waals surface area contributed by atoms with Gasteiger partial charge in [-0.1, -0.05) is 66.2 Å². The Morgan fingerprint density at radius 2 is 1.41 bits per heavy atom. The smallest absolute Gasteiger partial charge is 0.242 e. The van der Waals surface area contributed by atoms with Gasteiger partial charge in [0.05, 0.1) is 6.54 Å². The quantitative estimate of drug-likeness (QED) is 0.314. The van der Waals surface area contributed by atoms with E-state index in [-0.39, 0.29) is 11.8 Å². The van der Waals surface area contributed by atoms with Crippen molar-refractivity contribution >= 4 is 44.7 Å². The van der Waals surface area contributed by atoms with Crippen molar-refractivity contribution in [2.45, 2.75) is 13.5 Å². The molecule has 0 aliphatic heterocycles. The Hall–Kier alpha value is -2.84. The summed E-state index contributed by atoms with van der Waals surface area (Å²) in [5.74, 6) is -0.145. The van der Waals surface area contributed by atoms with Crippen molar-refractivity contribution in [3.05, 3.63) is 90.0 Å². The lowest BCUT2D eigenvalue weighted by Crippen LogP contribution is -2.31. The number of aryl methyl sites for hydroxylation is 1. The monoisotopic (exact) mass is 373 g/mol. The first kappa shape index (κ1) is 17.6. The Balaban J connectivity index is 1.90. The summed E-state index contributed by atoms with van der Waals surface area (Å²) in [5, 5.41) is 4.67. The third-order valence-corrected chi connectivity index (χ3v) is 5.19. The van der Waals surface area contributed by atoms with E-state index < -0.39 is 0 Å². The number of carbonyl (C=O) groups is 1. The highest BCUT2D eigenvalue weighted by molar-refractivity contribution is 6.29. The summed E-state index contributed by atoms with van der Waals surface area (Å²) >= 11 is 5.94. The van der Waals surface area contributed by atoms with E-state index in [1.807, 2.05) is 55.5 Å². The van der Waals surface area contributed by atoms with E-state index in [1.165, 1.54) is 10.8 Å². The SMILES string of the molecule is Cc1ccc(N(Cc2c3ccccc3cc3ccccc23)C(=O)CCl)cc1. The second-order valence-corrected chi connectivity index (χ2v) is 7.01. The third kappa shape index (κ3) is 3.41. The fourth-order valence-corrected chi connectivity index (χ4v) is 3.70. The van der Waals surface area contributed by atoms with Crippen LogP contribution in [0.15, 0.2) is 78.9 Å². The Kier molecular flexibility index (Phi) is 4.83. The van der Waals surface area contributed by atoms with Gasteiger partial charge in [0.25, 0.3) is 0 Å². The van der Waals surface area contributed by atoms with Gasteiger partial charge in [0.1, 0.15) is 5.88 Å². The highest BCUT2D eigenvalue weighted by Crippen LogP contribution is 2.31. The first-order valence-electron chi connectivity index (χ1n) is 9.00. The van der Waals surface area contributed by atoms with Crippen molar-refractivity contribution in [2.75, 3.05) is 10.8 Å². The number of benzene rings is 4. The summed E-state index contributed by atoms with van der Waals surface area (Å²) in [6.07, 6.45) is 0. The zero-order valence-corrected chi connectivity index (χ0v) is 15.9. The zero-order chi connectivity index (χ0) is 18.8. The van der Waals surface area contributed by atoms with Crippen molar-refractivity contribution in [1.29, 1.82) is 0 Å². The van der Waals surface area contributed by atoms with Gasteiger partial charge in [-0.2, -0.15) is 0 Å². The molecule has 0 aromatic heterocycles. The van der Waals surface area contributed by atoms with Gasteiger partial charge in [0.2, 0.25) is 5.91 Å². The van der Waals surface area contributed by atoms with Crippen molar-refractivity contribution in [3.8, 4) is 0 Å². The Labute approximate surface area is 164 Å². The van der Waals surface area contributed by atoms with E-state index in [4.69, 9.17) is 11.6 Å². The molecule has 0 atom stereocenters. The predicted molar refractivity (Wildman–Crippen MR) is 115 cm³/mol. The van der Waals surface area contributed by atoms with Crippen molar-refractivity contribution in [3.63, 3.8) is 0 Å². The van der Waals surface area contributed by atoms with Crippen LogP contribution in [0.2, 0.25) is 0 Å². The van der Waals surface area contributed by atoms with Gasteiger partial charge in [-0.05, 0) is 52.2 Å². The maximum atomic E-state index is 12.7. The van der Waals surface area contributed by atoms with Crippen LogP contribution in [0.4, 0.5) is 5.69 Å². The van der Waals surface area contributed by atoms with Gasteiger partial charge in [-0.25, -0.2) is 0 Å². The zero-order valence-electron chi connectivity index (χ0n) is 15.2. The Bertz CT molecular complexity index is 1060. The standard InChI is InChI=1S/C24H20ClNO/c1-17-10-12-20(13-11-17)26(24(27)15-25)16-23-21-8-4-2-6-18(21)14-19-7-3-5-9-22(19)23/h2-14H,15-16H2,1H3. The molecule has 0 heterocycles. The molecule has 4 aromatic carbocycles. The molecule has 4 rings (SSSR count). The second-order valence-electron chi connectivity index (χ2n) is 6.75. The summed E-state index contributed by atoms with van der Waals surface area (Å²) in [7, 11) is 0. The lowest BCUT2D eigenvalue weighted by Gasteiger charge is -2.24. The second kappa shape index (κ2) is 7.42. The number of hydrogen-bond acceptors (Lipinski definition) is 1. The number of hydrogen-bond donors (Lipinski definition) is 0. The van der Waals surface area contributed by atoms with Crippen LogP contribution in [0.1, 0.15) is 11.1 Å². The number of alkyl halides is 1. The Morgan fingerprint density at radius 3 is 1.96 bits per heavy atom. The topological polar surface area (TPSA) is 20.3 Å². The fraction of sp³-hybridized carbons (Fsp3) is 0.125. The first-order valence-corrected chi connectivity index (χ1v) is 9.53. The molecular formula is C24H20ClNO. The van der Waals surface area contributed by atoms with E-state index in [0.29, 0.717) is 6.54 Å². The molecule has 2 nitrogen and oxygen atoms in total. The number of nitrogens with zero attached hydrogens (tertiary/aromatic N) is 1. The van der Waals surface area contributed by atoms with E-state index in [0.717, 1.165) is 27.6 Å². The summed E-state index contributed by atoms with van der Waals surface area (Å²) < 4.78 is 0. The van der Waals surface area contributed by atoms with Gasteiger partial charge >= 0.3 is 0 Å². The molecular weight excluding hydrogens is 354 g/mol. The van der Waals surface area contributed by atoms with Crippen molar-refractivity contribution in [2.24, 2.45) is 0 Å². The van der Waals surface area contributed by atoms with Crippen LogP contribution in [0.3, 0.4) is 0 Å². The van der Waals surface area contributed by atoms with Crippen LogP contribution in [-0.2, 0) is 11.3 Å². The predicted octanol–water partition coefficient (Wildman–Crippen LogP) is 6.07. The molecule has 134 valence electrons. The molecule has 1 amide bonds. The highest BCUT2D eigenvalue weighted by Gasteiger charge is 2.18. The van der Waals surface area contributed by atoms with Crippen LogP contribution in [0.25, 0.3) is 21.5 Å². The first-order chi connectivity index (χ1) is 13.2. The molecule has 0 aliphatic rings. The molecule has 0 saturated carbocycles. The number of fused-ring (bicyclic) bond motifs is 2. The number of amides is 1. The summed E-state index contributed by atoms with van der Waals surface area (Å²) in [5.41, 5.74) is 3.17. The van der Waals surface area contributed by atoms with Crippen LogP contribution < -0.4 is 4.90 Å². The van der Waals surface area contributed by atoms with Gasteiger partial charge in [0, 0.05) is 5.69 Å². The summed E-state index contributed by atoms with van der Waals surface area (Å²) in [6.45, 7) is 2.52. The molecule has 0 aliphatic carbocycles. The van der Waals surface area contributed by atoms with Crippen LogP contribution in [0.5, 0.6) is 0 Å². The number of anilines is 1. The van der Waals surface area contributed by atoms with Crippen LogP contribution in [-0.4, -0.2) is 11.8 Å². The average Bonchev–Trinajstić information content (AvgIpc) is 2.71. The molecule has 0 radical (unpaired) electrons. The van der Waals surface area contributed by atoms with Gasteiger partial charge in [-0.15, -0.1) is 11.6 Å². The molecule has 0 spiro atoms. The molecule has 4 aromatic rings. The molecule has 27 heavy (non-hydrogen) atoms. The molecule has 0 fully saturated rings. The van der Waals surface area contributed by atoms with Crippen LogP contribution >= 0.6 is 11.6 Å². The van der Waals surface area contributed by atoms with Gasteiger partial charge < -0.3 is 4.90 Å². The number of halogens is 1. The normalized spacial score (nSPS) is 11.0. The minimum Gasteiger partial charge on any atom is -0.307 e. The molecule has 0 unspecified atom stereocenters. The largest absolute Gasteiger partial charge is 0.307 e. The van der Waals surface area contributed by atoms with Gasteiger partial charge in [-0.3, -0.25) is 4.79 Å². The fourth-order valence-electron chi connectivity index (χ4n) is 3.56. The molecule has 0 N–H and O–H groups in total. The van der Waals surface area contributed by atoms with Crippen molar-refractivity contribution in [1.82, 2.24) is 0 Å². The van der Waals surface area contributed by atoms with Crippen molar-refractivity contribution < 1.29 is 4.79 Å². The van der Waals surface area contributed by atoms with E-state index in [9.17, 15) is 4.79 Å². The van der Waals surface area contributed by atoms with E-state index >= 15 is 0 Å². The number of carbonyl (C=O) groups excluding carboxylic acids is 1. The van der Waals surface area contributed by atoms with E-state index in [1.54, 1.807) is 4.90 Å². The maximum Gasteiger partial charge on any atom is 0.242 e. The molecule has 3 heteroatoms.